The summed E-state index contributed by atoms with van der Waals surface area (Å²) in [4.78, 5) is 34.4. The molecule has 0 spiro atoms. The van der Waals surface area contributed by atoms with Crippen molar-refractivity contribution in [2.75, 3.05) is 23.3 Å². The Morgan fingerprint density at radius 2 is 1.94 bits per heavy atom. The standard InChI is InChI=1S/C21H21ClF3N5O2/c22-16-9-14(21(23,24)25)10-27-18(16)30-7-1-2-15(11-30)28-20(32)13-5-6-26-17(8-13)29-19(31)12-3-4-12/h5-6,8-10,12,15H,1-4,7,11H2,(H,28,32)(H,26,29,31)/t15-/m0/s1. The number of nitrogens with zero attached hydrogens (tertiary/aromatic N) is 3. The van der Waals surface area contributed by atoms with E-state index < -0.39 is 11.7 Å². The molecular weight excluding hydrogens is 447 g/mol. The Morgan fingerprint density at radius 1 is 1.16 bits per heavy atom. The average Bonchev–Trinajstić information content (AvgIpc) is 3.59. The maximum atomic E-state index is 12.9. The van der Waals surface area contributed by atoms with Crippen molar-refractivity contribution in [3.63, 3.8) is 0 Å². The van der Waals surface area contributed by atoms with E-state index in [1.807, 2.05) is 0 Å². The van der Waals surface area contributed by atoms with Crippen molar-refractivity contribution in [3.8, 4) is 0 Å². The predicted octanol–water partition coefficient (Wildman–Crippen LogP) is 3.90. The zero-order valence-electron chi connectivity index (χ0n) is 17.0. The third-order valence-electron chi connectivity index (χ3n) is 5.43. The summed E-state index contributed by atoms with van der Waals surface area (Å²) in [6, 6.07) is 3.69. The Morgan fingerprint density at radius 3 is 2.62 bits per heavy atom. The van der Waals surface area contributed by atoms with E-state index in [4.69, 9.17) is 11.6 Å². The first kappa shape index (κ1) is 22.3. The normalized spacial score (nSPS) is 18.9. The summed E-state index contributed by atoms with van der Waals surface area (Å²) in [5, 5.41) is 5.56. The fourth-order valence-electron chi connectivity index (χ4n) is 3.59. The van der Waals surface area contributed by atoms with E-state index in [9.17, 15) is 22.8 Å². The van der Waals surface area contributed by atoms with Crippen LogP contribution in [0.2, 0.25) is 5.02 Å². The summed E-state index contributed by atoms with van der Waals surface area (Å²) in [5.41, 5.74) is -0.552. The predicted molar refractivity (Wildman–Crippen MR) is 113 cm³/mol. The first-order valence-corrected chi connectivity index (χ1v) is 10.6. The topological polar surface area (TPSA) is 87.2 Å². The van der Waals surface area contributed by atoms with Gasteiger partial charge in [0, 0.05) is 43.0 Å². The second kappa shape index (κ2) is 8.93. The summed E-state index contributed by atoms with van der Waals surface area (Å²) >= 11 is 6.07. The van der Waals surface area contributed by atoms with E-state index in [1.54, 1.807) is 11.0 Å². The highest BCUT2D eigenvalue weighted by Crippen LogP contribution is 2.34. The molecule has 2 fully saturated rings. The van der Waals surface area contributed by atoms with Crippen molar-refractivity contribution in [3.05, 3.63) is 46.7 Å². The molecule has 170 valence electrons. The van der Waals surface area contributed by atoms with Crippen LogP contribution in [-0.2, 0) is 11.0 Å². The highest BCUT2D eigenvalue weighted by atomic mass is 35.5. The van der Waals surface area contributed by atoms with Gasteiger partial charge in [-0.2, -0.15) is 13.2 Å². The smallest absolute Gasteiger partial charge is 0.353 e. The lowest BCUT2D eigenvalue weighted by Gasteiger charge is -2.34. The van der Waals surface area contributed by atoms with Crippen LogP contribution in [-0.4, -0.2) is 40.9 Å². The molecular formula is C21H21ClF3N5O2. The van der Waals surface area contributed by atoms with Gasteiger partial charge in [0.25, 0.3) is 5.91 Å². The molecule has 11 heteroatoms. The Balaban J connectivity index is 1.40. The van der Waals surface area contributed by atoms with Gasteiger partial charge in [-0.15, -0.1) is 0 Å². The summed E-state index contributed by atoms with van der Waals surface area (Å²) in [5.74, 6) is 0.174. The minimum Gasteiger partial charge on any atom is -0.353 e. The van der Waals surface area contributed by atoms with Gasteiger partial charge in [-0.3, -0.25) is 9.59 Å². The van der Waals surface area contributed by atoms with E-state index in [2.05, 4.69) is 20.6 Å². The number of nitrogens with one attached hydrogen (secondary N) is 2. The molecule has 1 aliphatic heterocycles. The lowest BCUT2D eigenvalue weighted by molar-refractivity contribution is -0.137. The SMILES string of the molecule is O=C(N[C@H]1CCCN(c2ncc(C(F)(F)F)cc2Cl)C1)c1ccnc(NC(=O)C2CC2)c1. The lowest BCUT2D eigenvalue weighted by atomic mass is 10.0. The van der Waals surface area contributed by atoms with Gasteiger partial charge in [-0.25, -0.2) is 9.97 Å². The number of alkyl halides is 3. The van der Waals surface area contributed by atoms with Crippen molar-refractivity contribution in [2.24, 2.45) is 5.92 Å². The van der Waals surface area contributed by atoms with Gasteiger partial charge in [-0.1, -0.05) is 11.6 Å². The number of halogens is 4. The number of rotatable bonds is 5. The molecule has 3 heterocycles. The van der Waals surface area contributed by atoms with Crippen LogP contribution in [0, 0.1) is 5.92 Å². The molecule has 0 radical (unpaired) electrons. The first-order valence-electron chi connectivity index (χ1n) is 10.3. The number of amides is 2. The van der Waals surface area contributed by atoms with Crippen LogP contribution in [0.15, 0.2) is 30.6 Å². The monoisotopic (exact) mass is 467 g/mol. The van der Waals surface area contributed by atoms with Crippen LogP contribution in [0.3, 0.4) is 0 Å². The highest BCUT2D eigenvalue weighted by Gasteiger charge is 2.33. The molecule has 1 aliphatic carbocycles. The van der Waals surface area contributed by atoms with Gasteiger partial charge in [0.15, 0.2) is 0 Å². The molecule has 2 amide bonds. The van der Waals surface area contributed by atoms with Crippen LogP contribution >= 0.6 is 11.6 Å². The third kappa shape index (κ3) is 5.29. The number of hydrogen-bond donors (Lipinski definition) is 2. The number of hydrogen-bond acceptors (Lipinski definition) is 5. The van der Waals surface area contributed by atoms with Crippen LogP contribution in [0.1, 0.15) is 41.6 Å². The van der Waals surface area contributed by atoms with Gasteiger partial charge >= 0.3 is 6.18 Å². The summed E-state index contributed by atoms with van der Waals surface area (Å²) < 4.78 is 38.6. The van der Waals surface area contributed by atoms with Crippen LogP contribution in [0.4, 0.5) is 24.8 Å². The fourth-order valence-corrected chi connectivity index (χ4v) is 3.87. The number of carbonyl (C=O) groups excluding carboxylic acids is 2. The molecule has 0 unspecified atom stereocenters. The molecule has 4 rings (SSSR count). The van der Waals surface area contributed by atoms with Crippen molar-refractivity contribution >= 4 is 35.1 Å². The third-order valence-corrected chi connectivity index (χ3v) is 5.70. The van der Waals surface area contributed by atoms with Crippen molar-refractivity contribution in [2.45, 2.75) is 37.9 Å². The number of aromatic nitrogens is 2. The summed E-state index contributed by atoms with van der Waals surface area (Å²) in [7, 11) is 0. The number of pyridine rings is 2. The van der Waals surface area contributed by atoms with Gasteiger partial charge in [0.1, 0.15) is 11.6 Å². The average molecular weight is 468 g/mol. The molecule has 1 saturated heterocycles. The lowest BCUT2D eigenvalue weighted by Crippen LogP contribution is -2.48. The Bertz CT molecular complexity index is 1030. The van der Waals surface area contributed by atoms with Crippen molar-refractivity contribution < 1.29 is 22.8 Å². The van der Waals surface area contributed by atoms with Crippen molar-refractivity contribution in [1.82, 2.24) is 15.3 Å². The van der Waals surface area contributed by atoms with E-state index in [1.165, 1.54) is 12.3 Å². The molecule has 1 saturated carbocycles. The Labute approximate surface area is 187 Å². The maximum Gasteiger partial charge on any atom is 0.417 e. The number of piperidine rings is 1. The first-order chi connectivity index (χ1) is 15.2. The Hall–Kier alpha value is -2.88. The van der Waals surface area contributed by atoms with E-state index in [0.717, 1.165) is 25.1 Å². The highest BCUT2D eigenvalue weighted by molar-refractivity contribution is 6.33. The number of anilines is 2. The molecule has 2 aliphatic rings. The molecule has 0 bridgehead atoms. The largest absolute Gasteiger partial charge is 0.417 e. The molecule has 0 aromatic carbocycles. The summed E-state index contributed by atoms with van der Waals surface area (Å²) in [6.45, 7) is 0.928. The molecule has 2 N–H and O–H groups in total. The fraction of sp³-hybridized carbons (Fsp3) is 0.429. The second-order valence-corrected chi connectivity index (χ2v) is 8.39. The van der Waals surface area contributed by atoms with E-state index in [-0.39, 0.29) is 34.6 Å². The van der Waals surface area contributed by atoms with E-state index in [0.29, 0.717) is 37.3 Å². The molecule has 2 aromatic rings. The van der Waals surface area contributed by atoms with Crippen LogP contribution < -0.4 is 15.5 Å². The minimum absolute atomic E-state index is 0.0214. The zero-order valence-corrected chi connectivity index (χ0v) is 17.7. The molecule has 2 aromatic heterocycles. The van der Waals surface area contributed by atoms with Gasteiger partial charge in [0.2, 0.25) is 5.91 Å². The van der Waals surface area contributed by atoms with Gasteiger partial charge < -0.3 is 15.5 Å². The van der Waals surface area contributed by atoms with Gasteiger partial charge in [-0.05, 0) is 43.9 Å². The van der Waals surface area contributed by atoms with E-state index >= 15 is 0 Å². The minimum atomic E-state index is -4.52. The van der Waals surface area contributed by atoms with Crippen LogP contribution in [0.25, 0.3) is 0 Å². The maximum absolute atomic E-state index is 12.9. The molecule has 7 nitrogen and oxygen atoms in total. The molecule has 32 heavy (non-hydrogen) atoms. The number of carbonyl (C=O) groups is 2. The quantitative estimate of drug-likeness (QED) is 0.696. The zero-order chi connectivity index (χ0) is 22.9. The Kier molecular flexibility index (Phi) is 6.23. The second-order valence-electron chi connectivity index (χ2n) is 7.98. The van der Waals surface area contributed by atoms with Gasteiger partial charge in [0.05, 0.1) is 10.6 Å². The van der Waals surface area contributed by atoms with Crippen LogP contribution in [0.5, 0.6) is 0 Å². The van der Waals surface area contributed by atoms with Crippen molar-refractivity contribution in [1.29, 1.82) is 0 Å². The summed E-state index contributed by atoms with van der Waals surface area (Å²) in [6.07, 6.45) is 0.841. The molecule has 1 atom stereocenters.